The highest BCUT2D eigenvalue weighted by atomic mass is 32.2. The van der Waals surface area contributed by atoms with Crippen LogP contribution < -0.4 is 5.32 Å². The zero-order chi connectivity index (χ0) is 21.3. The Morgan fingerprint density at radius 3 is 2.50 bits per heavy atom. The van der Waals surface area contributed by atoms with Gasteiger partial charge in [0.25, 0.3) is 0 Å². The summed E-state index contributed by atoms with van der Waals surface area (Å²) in [4.78, 5) is 15.8. The Hall–Kier alpha value is -2.01. The first-order valence-electron chi connectivity index (χ1n) is 9.76. The lowest BCUT2D eigenvalue weighted by Crippen LogP contribution is -2.51. The highest BCUT2D eigenvalue weighted by molar-refractivity contribution is 7.89. The molecule has 0 saturated carbocycles. The third kappa shape index (κ3) is 3.96. The summed E-state index contributed by atoms with van der Waals surface area (Å²) in [7, 11) is -2.12. The van der Waals surface area contributed by atoms with Gasteiger partial charge in [-0.25, -0.2) is 13.2 Å². The highest BCUT2D eigenvalue weighted by Crippen LogP contribution is 2.39. The summed E-state index contributed by atoms with van der Waals surface area (Å²) < 4.78 is 32.1. The molecule has 2 aliphatic rings. The van der Waals surface area contributed by atoms with E-state index >= 15 is 0 Å². The molecule has 0 bridgehead atoms. The van der Waals surface area contributed by atoms with Crippen LogP contribution in [0.4, 0.5) is 5.00 Å². The van der Waals surface area contributed by atoms with Crippen molar-refractivity contribution >= 4 is 49.7 Å². The van der Waals surface area contributed by atoms with Gasteiger partial charge < -0.3 is 15.0 Å². The second kappa shape index (κ2) is 8.62. The number of fused-ring (bicyclic) bond motifs is 1. The van der Waals surface area contributed by atoms with E-state index in [9.17, 15) is 13.2 Å². The first-order chi connectivity index (χ1) is 14.4. The van der Waals surface area contributed by atoms with Gasteiger partial charge in [0.1, 0.15) is 5.00 Å². The summed E-state index contributed by atoms with van der Waals surface area (Å²) in [5.41, 5.74) is 1.65. The summed E-state index contributed by atoms with van der Waals surface area (Å²) in [6.45, 7) is 1.67. The Balaban J connectivity index is 1.43. The molecule has 0 unspecified atom stereocenters. The number of ether oxygens (including phenoxy) is 1. The molecule has 30 heavy (non-hydrogen) atoms. The van der Waals surface area contributed by atoms with Crippen molar-refractivity contribution in [2.45, 2.75) is 24.2 Å². The molecule has 10 heteroatoms. The fourth-order valence-electron chi connectivity index (χ4n) is 3.86. The molecule has 1 aliphatic carbocycles. The first-order valence-corrected chi connectivity index (χ1v) is 12.4. The number of carbonyl (C=O) groups is 1. The van der Waals surface area contributed by atoms with Crippen molar-refractivity contribution in [3.63, 3.8) is 0 Å². The van der Waals surface area contributed by atoms with E-state index in [1.807, 2.05) is 4.90 Å². The first kappa shape index (κ1) is 21.2. The van der Waals surface area contributed by atoms with Gasteiger partial charge in [-0.15, -0.1) is 11.3 Å². The van der Waals surface area contributed by atoms with E-state index in [0.29, 0.717) is 41.8 Å². The quantitative estimate of drug-likeness (QED) is 0.549. The molecule has 1 aromatic carbocycles. The third-order valence-corrected chi connectivity index (χ3v) is 8.92. The van der Waals surface area contributed by atoms with Gasteiger partial charge in [0.2, 0.25) is 10.0 Å². The molecule has 1 fully saturated rings. The third-order valence-electron chi connectivity index (χ3n) is 5.44. The van der Waals surface area contributed by atoms with Crippen LogP contribution in [-0.2, 0) is 27.6 Å². The van der Waals surface area contributed by atoms with Crippen molar-refractivity contribution in [1.29, 1.82) is 0 Å². The van der Waals surface area contributed by atoms with Crippen LogP contribution in [0.15, 0.2) is 35.2 Å². The van der Waals surface area contributed by atoms with Gasteiger partial charge in [0.15, 0.2) is 5.11 Å². The number of aryl methyl sites for hydroxylation is 1. The predicted octanol–water partition coefficient (Wildman–Crippen LogP) is 2.73. The fourth-order valence-corrected chi connectivity index (χ4v) is 6.93. The average molecular weight is 466 g/mol. The van der Waals surface area contributed by atoms with Crippen LogP contribution in [0.25, 0.3) is 0 Å². The van der Waals surface area contributed by atoms with Crippen LogP contribution in [0.2, 0.25) is 0 Å². The number of thiocarbonyl (C=S) groups is 1. The summed E-state index contributed by atoms with van der Waals surface area (Å²) in [5.74, 6) is -0.349. The van der Waals surface area contributed by atoms with Crippen molar-refractivity contribution in [3.05, 3.63) is 46.3 Å². The maximum Gasteiger partial charge on any atom is 0.341 e. The van der Waals surface area contributed by atoms with Crippen molar-refractivity contribution < 1.29 is 17.9 Å². The van der Waals surface area contributed by atoms with E-state index in [1.165, 1.54) is 16.3 Å². The number of anilines is 1. The number of esters is 1. The maximum absolute atomic E-state index is 12.8. The van der Waals surface area contributed by atoms with E-state index in [4.69, 9.17) is 17.0 Å². The van der Waals surface area contributed by atoms with Gasteiger partial charge >= 0.3 is 5.97 Å². The molecule has 2 aromatic rings. The minimum atomic E-state index is -3.51. The molecule has 0 spiro atoms. The summed E-state index contributed by atoms with van der Waals surface area (Å²) >= 11 is 7.13. The molecule has 1 aliphatic heterocycles. The molecule has 4 rings (SSSR count). The molecule has 2 heterocycles. The molecule has 0 atom stereocenters. The topological polar surface area (TPSA) is 79.0 Å². The highest BCUT2D eigenvalue weighted by Gasteiger charge is 2.31. The Kier molecular flexibility index (Phi) is 6.10. The normalized spacial score (nSPS) is 16.9. The van der Waals surface area contributed by atoms with Crippen LogP contribution >= 0.6 is 23.6 Å². The van der Waals surface area contributed by atoms with Crippen LogP contribution in [0, 0.1) is 0 Å². The lowest BCUT2D eigenvalue weighted by Gasteiger charge is -2.35. The number of methoxy groups -OCH3 is 1. The second-order valence-corrected chi connectivity index (χ2v) is 10.6. The number of nitrogens with one attached hydrogen (secondary N) is 1. The van der Waals surface area contributed by atoms with Crippen LogP contribution in [0.1, 0.15) is 27.2 Å². The summed E-state index contributed by atoms with van der Waals surface area (Å²) in [6, 6.07) is 8.46. The Labute approximate surface area is 185 Å². The standard InChI is InChI=1S/C20H23N3O4S3/c1-27-19(24)17-15-8-5-9-16(15)29-18(17)21-20(28)22-10-12-23(13-11-22)30(25,26)14-6-3-2-4-7-14/h2-4,6-7H,5,8-13H2,1H3,(H,21,28). The molecule has 1 N–H and O–H groups in total. The zero-order valence-corrected chi connectivity index (χ0v) is 19.0. The van der Waals surface area contributed by atoms with Crippen molar-refractivity contribution in [2.75, 3.05) is 38.6 Å². The van der Waals surface area contributed by atoms with Crippen LogP contribution in [0.3, 0.4) is 0 Å². The number of sulfonamides is 1. The van der Waals surface area contributed by atoms with Crippen LogP contribution in [0.5, 0.6) is 0 Å². The lowest BCUT2D eigenvalue weighted by atomic mass is 10.1. The Morgan fingerprint density at radius 1 is 1.13 bits per heavy atom. The minimum Gasteiger partial charge on any atom is -0.465 e. The zero-order valence-electron chi connectivity index (χ0n) is 16.6. The van der Waals surface area contributed by atoms with E-state index in [0.717, 1.165) is 29.8 Å². The van der Waals surface area contributed by atoms with Gasteiger partial charge in [-0.05, 0) is 49.2 Å². The largest absolute Gasteiger partial charge is 0.465 e. The van der Waals surface area contributed by atoms with E-state index in [-0.39, 0.29) is 5.97 Å². The van der Waals surface area contributed by atoms with Gasteiger partial charge in [0, 0.05) is 31.1 Å². The molecule has 160 valence electrons. The number of nitrogens with zero attached hydrogens (tertiary/aromatic N) is 2. The van der Waals surface area contributed by atoms with Crippen molar-refractivity contribution in [1.82, 2.24) is 9.21 Å². The predicted molar refractivity (Wildman–Crippen MR) is 121 cm³/mol. The molecule has 1 aromatic heterocycles. The Morgan fingerprint density at radius 2 is 1.83 bits per heavy atom. The molecule has 0 radical (unpaired) electrons. The van der Waals surface area contributed by atoms with Gasteiger partial charge in [-0.2, -0.15) is 4.31 Å². The van der Waals surface area contributed by atoms with Crippen LogP contribution in [-0.4, -0.2) is 62.0 Å². The number of carbonyl (C=O) groups excluding carboxylic acids is 1. The SMILES string of the molecule is COC(=O)c1c(NC(=S)N2CCN(S(=O)(=O)c3ccccc3)CC2)sc2c1CCC2. The van der Waals surface area contributed by atoms with E-state index in [1.54, 1.807) is 41.7 Å². The van der Waals surface area contributed by atoms with Crippen molar-refractivity contribution in [3.8, 4) is 0 Å². The van der Waals surface area contributed by atoms with E-state index < -0.39 is 10.0 Å². The minimum absolute atomic E-state index is 0.301. The number of hydrogen-bond donors (Lipinski definition) is 1. The Bertz CT molecular complexity index is 1060. The van der Waals surface area contributed by atoms with Gasteiger partial charge in [0.05, 0.1) is 17.6 Å². The molecule has 7 nitrogen and oxygen atoms in total. The fraction of sp³-hybridized carbons (Fsp3) is 0.400. The summed E-state index contributed by atoms with van der Waals surface area (Å²) in [5, 5.41) is 4.43. The lowest BCUT2D eigenvalue weighted by molar-refractivity contribution is 0.0601. The van der Waals surface area contributed by atoms with Gasteiger partial charge in [-0.1, -0.05) is 18.2 Å². The number of rotatable bonds is 4. The van der Waals surface area contributed by atoms with E-state index in [2.05, 4.69) is 5.32 Å². The van der Waals surface area contributed by atoms with Gasteiger partial charge in [-0.3, -0.25) is 0 Å². The monoisotopic (exact) mass is 465 g/mol. The smallest absolute Gasteiger partial charge is 0.341 e. The number of piperazine rings is 1. The number of benzene rings is 1. The average Bonchev–Trinajstić information content (AvgIpc) is 3.34. The molecule has 0 amide bonds. The summed E-state index contributed by atoms with van der Waals surface area (Å²) in [6.07, 6.45) is 2.89. The number of hydrogen-bond acceptors (Lipinski definition) is 6. The number of thiophene rings is 1. The molecule has 1 saturated heterocycles. The molecular weight excluding hydrogens is 442 g/mol. The molecular formula is C20H23N3O4S3. The van der Waals surface area contributed by atoms with Crippen molar-refractivity contribution in [2.24, 2.45) is 0 Å². The maximum atomic E-state index is 12.8. The second-order valence-electron chi connectivity index (χ2n) is 7.19.